The van der Waals surface area contributed by atoms with E-state index in [0.29, 0.717) is 11.4 Å². The van der Waals surface area contributed by atoms with Crippen LogP contribution in [0.3, 0.4) is 0 Å². The highest BCUT2D eigenvalue weighted by Crippen LogP contribution is 2.20. The molecule has 0 unspecified atom stereocenters. The average molecular weight is 282 g/mol. The first-order valence-electron chi connectivity index (χ1n) is 6.31. The predicted octanol–water partition coefficient (Wildman–Crippen LogP) is 3.73. The van der Waals surface area contributed by atoms with Gasteiger partial charge in [0.05, 0.1) is 0 Å². The second kappa shape index (κ2) is 5.58. The minimum absolute atomic E-state index is 0.137. The van der Waals surface area contributed by atoms with E-state index >= 15 is 0 Å². The molecule has 1 amide bonds. The number of nitrogens with one attached hydrogen (secondary N) is 1. The molecule has 1 N–H and O–H groups in total. The van der Waals surface area contributed by atoms with Crippen LogP contribution in [0.25, 0.3) is 11.3 Å². The second-order valence-corrected chi connectivity index (χ2v) is 4.41. The number of aromatic nitrogens is 1. The highest BCUT2D eigenvalue weighted by atomic mass is 19.1. The molecule has 2 aromatic carbocycles. The molecule has 1 aromatic heterocycles. The maximum Gasteiger partial charge on any atom is 0.277 e. The second-order valence-electron chi connectivity index (χ2n) is 4.41. The summed E-state index contributed by atoms with van der Waals surface area (Å²) >= 11 is 0. The van der Waals surface area contributed by atoms with Crippen LogP contribution < -0.4 is 5.32 Å². The third-order valence-corrected chi connectivity index (χ3v) is 2.88. The van der Waals surface area contributed by atoms with Crippen LogP contribution in [0.2, 0.25) is 0 Å². The molecule has 0 aliphatic rings. The first-order chi connectivity index (χ1) is 10.2. The lowest BCUT2D eigenvalue weighted by Crippen LogP contribution is -2.12. The van der Waals surface area contributed by atoms with Gasteiger partial charge < -0.3 is 9.84 Å². The molecule has 4 nitrogen and oxygen atoms in total. The van der Waals surface area contributed by atoms with Crippen molar-refractivity contribution in [2.75, 3.05) is 5.32 Å². The van der Waals surface area contributed by atoms with E-state index in [1.807, 2.05) is 30.3 Å². The Morgan fingerprint density at radius 3 is 2.62 bits per heavy atom. The van der Waals surface area contributed by atoms with Crippen molar-refractivity contribution < 1.29 is 13.7 Å². The molecule has 0 saturated heterocycles. The van der Waals surface area contributed by atoms with Gasteiger partial charge in [0.2, 0.25) is 0 Å². The number of carbonyl (C=O) groups is 1. The van der Waals surface area contributed by atoms with E-state index in [4.69, 9.17) is 4.52 Å². The summed E-state index contributed by atoms with van der Waals surface area (Å²) < 4.78 is 18.2. The van der Waals surface area contributed by atoms with Gasteiger partial charge in [-0.05, 0) is 18.2 Å². The molecule has 0 bridgehead atoms. The van der Waals surface area contributed by atoms with Gasteiger partial charge >= 0.3 is 0 Å². The number of anilines is 1. The lowest BCUT2D eigenvalue weighted by molar-refractivity contribution is 0.101. The number of carbonyl (C=O) groups excluding carboxylic acids is 1. The van der Waals surface area contributed by atoms with Gasteiger partial charge in [0.25, 0.3) is 5.91 Å². The lowest BCUT2D eigenvalue weighted by Gasteiger charge is -2.01. The molecular weight excluding hydrogens is 271 g/mol. The van der Waals surface area contributed by atoms with Crippen molar-refractivity contribution in [1.82, 2.24) is 5.16 Å². The number of halogens is 1. The molecule has 0 saturated carbocycles. The van der Waals surface area contributed by atoms with Crippen LogP contribution in [0.5, 0.6) is 0 Å². The summed E-state index contributed by atoms with van der Waals surface area (Å²) in [7, 11) is 0. The summed E-state index contributed by atoms with van der Waals surface area (Å²) in [6, 6.07) is 16.5. The number of hydrogen-bond acceptors (Lipinski definition) is 3. The van der Waals surface area contributed by atoms with Gasteiger partial charge in [0.1, 0.15) is 5.82 Å². The van der Waals surface area contributed by atoms with Crippen molar-refractivity contribution in [3.8, 4) is 11.3 Å². The molecule has 0 atom stereocenters. The Hall–Kier alpha value is -2.95. The van der Waals surface area contributed by atoms with E-state index in [2.05, 4.69) is 10.5 Å². The van der Waals surface area contributed by atoms with Crippen LogP contribution in [-0.2, 0) is 0 Å². The Kier molecular flexibility index (Phi) is 3.47. The summed E-state index contributed by atoms with van der Waals surface area (Å²) in [6.07, 6.45) is 0. The number of amides is 1. The summed E-state index contributed by atoms with van der Waals surface area (Å²) in [5.74, 6) is -0.371. The number of hydrogen-bond donors (Lipinski definition) is 1. The number of benzene rings is 2. The van der Waals surface area contributed by atoms with Gasteiger partial charge in [-0.1, -0.05) is 41.6 Å². The highest BCUT2D eigenvalue weighted by Gasteiger charge is 2.13. The van der Waals surface area contributed by atoms with Crippen molar-refractivity contribution in [2.45, 2.75) is 0 Å². The predicted molar refractivity (Wildman–Crippen MR) is 76.3 cm³/mol. The van der Waals surface area contributed by atoms with Gasteiger partial charge in [-0.2, -0.15) is 0 Å². The molecule has 0 fully saturated rings. The molecule has 104 valence electrons. The fourth-order valence-electron chi connectivity index (χ4n) is 1.88. The van der Waals surface area contributed by atoms with Gasteiger partial charge in [0, 0.05) is 17.3 Å². The molecule has 3 aromatic rings. The fraction of sp³-hybridized carbons (Fsp3) is 0. The van der Waals surface area contributed by atoms with Gasteiger partial charge in [-0.15, -0.1) is 0 Å². The molecule has 0 spiro atoms. The van der Waals surface area contributed by atoms with Crippen LogP contribution >= 0.6 is 0 Å². The molecule has 5 heteroatoms. The Morgan fingerprint density at radius 2 is 1.86 bits per heavy atom. The zero-order valence-corrected chi connectivity index (χ0v) is 10.9. The van der Waals surface area contributed by atoms with E-state index in [1.54, 1.807) is 12.1 Å². The summed E-state index contributed by atoms with van der Waals surface area (Å²) in [6.45, 7) is 0. The molecular formula is C16H11FN2O2. The van der Waals surface area contributed by atoms with E-state index in [-0.39, 0.29) is 5.69 Å². The zero-order chi connectivity index (χ0) is 14.7. The van der Waals surface area contributed by atoms with Crippen LogP contribution in [0.4, 0.5) is 10.1 Å². The van der Waals surface area contributed by atoms with E-state index in [9.17, 15) is 9.18 Å². The Balaban J connectivity index is 1.78. The third kappa shape index (κ3) is 2.97. The first-order valence-corrected chi connectivity index (χ1v) is 6.31. The normalized spacial score (nSPS) is 10.3. The van der Waals surface area contributed by atoms with Crippen LogP contribution in [-0.4, -0.2) is 11.1 Å². The maximum atomic E-state index is 13.1. The first kappa shape index (κ1) is 13.1. The van der Waals surface area contributed by atoms with E-state index < -0.39 is 11.7 Å². The van der Waals surface area contributed by atoms with Crippen molar-refractivity contribution in [1.29, 1.82) is 0 Å². The monoisotopic (exact) mass is 282 g/mol. The SMILES string of the molecule is O=C(Nc1cccc(F)c1)c1cc(-c2ccccc2)on1. The Labute approximate surface area is 120 Å². The quantitative estimate of drug-likeness (QED) is 0.796. The Morgan fingerprint density at radius 1 is 1.05 bits per heavy atom. The smallest absolute Gasteiger partial charge is 0.277 e. The molecule has 0 aliphatic heterocycles. The molecule has 3 rings (SSSR count). The standard InChI is InChI=1S/C16H11FN2O2/c17-12-7-4-8-13(9-12)18-16(20)14-10-15(21-19-14)11-5-2-1-3-6-11/h1-10H,(H,18,20). The topological polar surface area (TPSA) is 55.1 Å². The molecule has 0 aliphatic carbocycles. The van der Waals surface area contributed by atoms with Gasteiger partial charge in [-0.3, -0.25) is 4.79 Å². The summed E-state index contributed by atoms with van der Waals surface area (Å²) in [4.78, 5) is 12.0. The van der Waals surface area contributed by atoms with Crippen LogP contribution in [0.1, 0.15) is 10.5 Å². The lowest BCUT2D eigenvalue weighted by atomic mass is 10.1. The fourth-order valence-corrected chi connectivity index (χ4v) is 1.88. The van der Waals surface area contributed by atoms with Crippen molar-refractivity contribution in [3.63, 3.8) is 0 Å². The Bertz CT molecular complexity index is 769. The largest absolute Gasteiger partial charge is 0.355 e. The van der Waals surface area contributed by atoms with Gasteiger partial charge in [-0.25, -0.2) is 4.39 Å². The average Bonchev–Trinajstić information content (AvgIpc) is 2.98. The van der Waals surface area contributed by atoms with Crippen molar-refractivity contribution in [2.24, 2.45) is 0 Å². The molecule has 1 heterocycles. The highest BCUT2D eigenvalue weighted by molar-refractivity contribution is 6.03. The minimum Gasteiger partial charge on any atom is -0.355 e. The third-order valence-electron chi connectivity index (χ3n) is 2.88. The van der Waals surface area contributed by atoms with E-state index in [1.165, 1.54) is 18.2 Å². The summed E-state index contributed by atoms with van der Waals surface area (Å²) in [5.41, 5.74) is 1.33. The van der Waals surface area contributed by atoms with Crippen molar-refractivity contribution in [3.05, 3.63) is 72.2 Å². The zero-order valence-electron chi connectivity index (χ0n) is 10.9. The maximum absolute atomic E-state index is 13.1. The van der Waals surface area contributed by atoms with Gasteiger partial charge in [0.15, 0.2) is 11.5 Å². The van der Waals surface area contributed by atoms with E-state index in [0.717, 1.165) is 5.56 Å². The summed E-state index contributed by atoms with van der Waals surface area (Å²) in [5, 5.41) is 6.29. The van der Waals surface area contributed by atoms with Crippen LogP contribution in [0.15, 0.2) is 65.2 Å². The molecule has 21 heavy (non-hydrogen) atoms. The molecule has 0 radical (unpaired) electrons. The number of nitrogens with zero attached hydrogens (tertiary/aromatic N) is 1. The minimum atomic E-state index is -0.452. The van der Waals surface area contributed by atoms with Crippen molar-refractivity contribution >= 4 is 11.6 Å². The van der Waals surface area contributed by atoms with Crippen LogP contribution in [0, 0.1) is 5.82 Å². The number of rotatable bonds is 3.